The standard InChI is InChI=1S/C26H31ClN4O5S/c1-4-35-23-12-11-21(15-22(23)27)37(33,34)31-13-5-6-19(16-31)25(32)28-20-9-7-18(8-10-20)14-24-29-26(17(2)3)36-30-24/h7-12,15,17,19H,4-6,13-14,16H2,1-3H3,(H,28,32)/t19-/m0/s1. The van der Waals surface area contributed by atoms with E-state index >= 15 is 0 Å². The van der Waals surface area contributed by atoms with Gasteiger partial charge >= 0.3 is 0 Å². The van der Waals surface area contributed by atoms with E-state index in [4.69, 9.17) is 20.9 Å². The molecule has 3 aromatic rings. The Labute approximate surface area is 222 Å². The van der Waals surface area contributed by atoms with E-state index in [1.807, 2.05) is 45.0 Å². The Morgan fingerprint density at radius 2 is 2.00 bits per heavy atom. The third-order valence-electron chi connectivity index (χ3n) is 6.16. The number of carbonyl (C=O) groups excluding carboxylic acids is 1. The fourth-order valence-electron chi connectivity index (χ4n) is 4.14. The maximum absolute atomic E-state index is 13.2. The van der Waals surface area contributed by atoms with Crippen molar-refractivity contribution in [1.82, 2.24) is 14.4 Å². The molecule has 2 aromatic carbocycles. The second-order valence-corrected chi connectivity index (χ2v) is 11.6. The first-order valence-corrected chi connectivity index (χ1v) is 14.1. The molecule has 0 unspecified atom stereocenters. The normalized spacial score (nSPS) is 16.6. The number of amides is 1. The molecular weight excluding hydrogens is 516 g/mol. The van der Waals surface area contributed by atoms with Crippen LogP contribution in [0.4, 0.5) is 5.69 Å². The van der Waals surface area contributed by atoms with Crippen LogP contribution in [0.3, 0.4) is 0 Å². The van der Waals surface area contributed by atoms with Gasteiger partial charge in [-0.15, -0.1) is 0 Å². The number of anilines is 1. The van der Waals surface area contributed by atoms with Crippen molar-refractivity contribution in [2.75, 3.05) is 25.0 Å². The molecule has 4 rings (SSSR count). The number of sulfonamides is 1. The summed E-state index contributed by atoms with van der Waals surface area (Å²) in [5.41, 5.74) is 1.63. The molecule has 0 aliphatic carbocycles. The summed E-state index contributed by atoms with van der Waals surface area (Å²) in [5.74, 6) is 1.14. The van der Waals surface area contributed by atoms with E-state index in [1.54, 1.807) is 6.07 Å². The molecule has 1 fully saturated rings. The van der Waals surface area contributed by atoms with Gasteiger partial charge in [-0.1, -0.05) is 42.7 Å². The van der Waals surface area contributed by atoms with Gasteiger partial charge in [-0.3, -0.25) is 4.79 Å². The highest BCUT2D eigenvalue weighted by atomic mass is 35.5. The minimum absolute atomic E-state index is 0.0831. The molecule has 1 amide bonds. The second-order valence-electron chi connectivity index (χ2n) is 9.29. The number of carbonyl (C=O) groups is 1. The highest BCUT2D eigenvalue weighted by Crippen LogP contribution is 2.31. The van der Waals surface area contributed by atoms with E-state index in [1.165, 1.54) is 16.4 Å². The quantitative estimate of drug-likeness (QED) is 0.407. The van der Waals surface area contributed by atoms with Gasteiger partial charge < -0.3 is 14.6 Å². The Balaban J connectivity index is 1.37. The summed E-state index contributed by atoms with van der Waals surface area (Å²) in [7, 11) is -3.80. The van der Waals surface area contributed by atoms with Gasteiger partial charge in [0.2, 0.25) is 21.8 Å². The first kappa shape index (κ1) is 27.1. The monoisotopic (exact) mass is 546 g/mol. The van der Waals surface area contributed by atoms with Crippen LogP contribution in [0.15, 0.2) is 51.9 Å². The lowest BCUT2D eigenvalue weighted by Gasteiger charge is -2.31. The van der Waals surface area contributed by atoms with Gasteiger partial charge in [0.1, 0.15) is 5.75 Å². The molecule has 11 heteroatoms. The van der Waals surface area contributed by atoms with Crippen molar-refractivity contribution in [3.63, 3.8) is 0 Å². The van der Waals surface area contributed by atoms with Crippen molar-refractivity contribution in [3.05, 3.63) is 64.8 Å². The molecule has 0 radical (unpaired) electrons. The number of aromatic nitrogens is 2. The highest BCUT2D eigenvalue weighted by molar-refractivity contribution is 7.89. The van der Waals surface area contributed by atoms with E-state index in [-0.39, 0.29) is 28.3 Å². The van der Waals surface area contributed by atoms with Crippen LogP contribution in [0.5, 0.6) is 5.75 Å². The molecule has 0 saturated carbocycles. The van der Waals surface area contributed by atoms with Gasteiger partial charge in [0, 0.05) is 31.1 Å². The van der Waals surface area contributed by atoms with Crippen LogP contribution in [0.1, 0.15) is 56.8 Å². The van der Waals surface area contributed by atoms with Gasteiger partial charge in [-0.05, 0) is 55.7 Å². The molecule has 0 bridgehead atoms. The van der Waals surface area contributed by atoms with Crippen LogP contribution in [0.25, 0.3) is 0 Å². The zero-order valence-electron chi connectivity index (χ0n) is 21.1. The fourth-order valence-corrected chi connectivity index (χ4v) is 6.00. The van der Waals surface area contributed by atoms with Crippen molar-refractivity contribution < 1.29 is 22.5 Å². The van der Waals surface area contributed by atoms with Crippen LogP contribution in [0.2, 0.25) is 5.02 Å². The summed E-state index contributed by atoms with van der Waals surface area (Å²) >= 11 is 6.21. The lowest BCUT2D eigenvalue weighted by Crippen LogP contribution is -2.43. The predicted molar refractivity (Wildman–Crippen MR) is 140 cm³/mol. The first-order chi connectivity index (χ1) is 17.7. The third kappa shape index (κ3) is 6.49. The van der Waals surface area contributed by atoms with Crippen molar-refractivity contribution in [1.29, 1.82) is 0 Å². The van der Waals surface area contributed by atoms with Gasteiger partial charge in [0.15, 0.2) is 5.82 Å². The molecule has 1 atom stereocenters. The maximum atomic E-state index is 13.2. The average Bonchev–Trinajstić information content (AvgIpc) is 3.35. The Morgan fingerprint density at radius 1 is 1.24 bits per heavy atom. The van der Waals surface area contributed by atoms with Crippen LogP contribution in [0, 0.1) is 5.92 Å². The highest BCUT2D eigenvalue weighted by Gasteiger charge is 2.33. The van der Waals surface area contributed by atoms with Crippen molar-refractivity contribution in [2.45, 2.75) is 50.8 Å². The Bertz CT molecular complexity index is 1340. The van der Waals surface area contributed by atoms with Crippen LogP contribution >= 0.6 is 11.6 Å². The van der Waals surface area contributed by atoms with Crippen LogP contribution in [-0.4, -0.2) is 48.5 Å². The number of hydrogen-bond donors (Lipinski definition) is 1. The number of nitrogens with one attached hydrogen (secondary N) is 1. The number of hydrogen-bond acceptors (Lipinski definition) is 7. The molecular formula is C26H31ClN4O5S. The molecule has 1 N–H and O–H groups in total. The Morgan fingerprint density at radius 3 is 2.65 bits per heavy atom. The summed E-state index contributed by atoms with van der Waals surface area (Å²) in [6.45, 7) is 6.69. The van der Waals surface area contributed by atoms with Gasteiger partial charge in [0.25, 0.3) is 0 Å². The third-order valence-corrected chi connectivity index (χ3v) is 8.31. The van der Waals surface area contributed by atoms with E-state index in [0.29, 0.717) is 55.6 Å². The molecule has 198 valence electrons. The summed E-state index contributed by atoms with van der Waals surface area (Å²) in [4.78, 5) is 17.5. The minimum atomic E-state index is -3.80. The zero-order valence-corrected chi connectivity index (χ0v) is 22.7. The van der Waals surface area contributed by atoms with E-state index in [2.05, 4.69) is 15.5 Å². The molecule has 37 heavy (non-hydrogen) atoms. The number of halogens is 1. The number of rotatable bonds is 9. The average molecular weight is 547 g/mol. The predicted octanol–water partition coefficient (Wildman–Crippen LogP) is 4.88. The SMILES string of the molecule is CCOc1ccc(S(=O)(=O)N2CCC[C@H](C(=O)Nc3ccc(Cc4noc(C(C)C)n4)cc3)C2)cc1Cl. The number of ether oxygens (including phenoxy) is 1. The number of piperidine rings is 1. The first-order valence-electron chi connectivity index (χ1n) is 12.3. The van der Waals surface area contributed by atoms with E-state index < -0.39 is 15.9 Å². The van der Waals surface area contributed by atoms with Crippen molar-refractivity contribution >= 4 is 33.2 Å². The Hall–Kier alpha value is -2.95. The largest absolute Gasteiger partial charge is 0.492 e. The maximum Gasteiger partial charge on any atom is 0.243 e. The van der Waals surface area contributed by atoms with Gasteiger partial charge in [-0.2, -0.15) is 9.29 Å². The molecule has 2 heterocycles. The lowest BCUT2D eigenvalue weighted by atomic mass is 9.98. The number of benzene rings is 2. The minimum Gasteiger partial charge on any atom is -0.492 e. The summed E-state index contributed by atoms with van der Waals surface area (Å²) in [5, 5.41) is 7.16. The lowest BCUT2D eigenvalue weighted by molar-refractivity contribution is -0.120. The molecule has 1 aliphatic rings. The van der Waals surface area contributed by atoms with E-state index in [0.717, 1.165) is 5.56 Å². The summed E-state index contributed by atoms with van der Waals surface area (Å²) < 4.78 is 38.5. The molecule has 0 spiro atoms. The molecule has 1 aromatic heterocycles. The van der Waals surface area contributed by atoms with Gasteiger partial charge in [-0.25, -0.2) is 8.42 Å². The molecule has 1 aliphatic heterocycles. The topological polar surface area (TPSA) is 115 Å². The summed E-state index contributed by atoms with van der Waals surface area (Å²) in [6, 6.07) is 11.9. The Kier molecular flexibility index (Phi) is 8.51. The fraction of sp³-hybridized carbons (Fsp3) is 0.423. The second kappa shape index (κ2) is 11.6. The van der Waals surface area contributed by atoms with E-state index in [9.17, 15) is 13.2 Å². The number of nitrogens with zero attached hydrogens (tertiary/aromatic N) is 3. The molecule has 1 saturated heterocycles. The summed E-state index contributed by atoms with van der Waals surface area (Å²) in [6.07, 6.45) is 1.72. The molecule has 9 nitrogen and oxygen atoms in total. The van der Waals surface area contributed by atoms with Crippen molar-refractivity contribution in [2.24, 2.45) is 5.92 Å². The zero-order chi connectivity index (χ0) is 26.6. The van der Waals surface area contributed by atoms with Crippen LogP contribution in [-0.2, 0) is 21.2 Å². The van der Waals surface area contributed by atoms with Gasteiger partial charge in [0.05, 0.1) is 22.4 Å². The van der Waals surface area contributed by atoms with Crippen LogP contribution < -0.4 is 10.1 Å². The smallest absolute Gasteiger partial charge is 0.243 e. The van der Waals surface area contributed by atoms with Crippen molar-refractivity contribution in [3.8, 4) is 5.75 Å².